The van der Waals surface area contributed by atoms with Crippen LogP contribution in [0.15, 0.2) is 24.3 Å². The zero-order valence-electron chi connectivity index (χ0n) is 13.2. The predicted molar refractivity (Wildman–Crippen MR) is 86.2 cm³/mol. The number of benzene rings is 1. The quantitative estimate of drug-likeness (QED) is 0.850. The SMILES string of the molecule is CCCC(=O)NCCc1nc2ccccc2n1CC(C)C. The number of nitrogens with zero attached hydrogens (tertiary/aromatic N) is 2. The number of fused-ring (bicyclic) bond motifs is 1. The van der Waals surface area contributed by atoms with E-state index < -0.39 is 0 Å². The molecule has 0 atom stereocenters. The van der Waals surface area contributed by atoms with Crippen molar-refractivity contribution in [3.05, 3.63) is 30.1 Å². The number of hydrogen-bond acceptors (Lipinski definition) is 2. The molecule has 0 unspecified atom stereocenters. The summed E-state index contributed by atoms with van der Waals surface area (Å²) in [5, 5.41) is 2.96. The second kappa shape index (κ2) is 7.25. The molecule has 21 heavy (non-hydrogen) atoms. The van der Waals surface area contributed by atoms with Crippen molar-refractivity contribution in [2.45, 2.75) is 46.6 Å². The number of nitrogens with one attached hydrogen (secondary N) is 1. The van der Waals surface area contributed by atoms with E-state index in [1.54, 1.807) is 0 Å². The maximum absolute atomic E-state index is 11.5. The molecule has 0 spiro atoms. The van der Waals surface area contributed by atoms with Gasteiger partial charge in [-0.25, -0.2) is 4.98 Å². The van der Waals surface area contributed by atoms with Gasteiger partial charge in [-0.3, -0.25) is 4.79 Å². The third kappa shape index (κ3) is 4.06. The highest BCUT2D eigenvalue weighted by Gasteiger charge is 2.11. The van der Waals surface area contributed by atoms with Gasteiger partial charge in [-0.15, -0.1) is 0 Å². The molecule has 0 aliphatic rings. The van der Waals surface area contributed by atoms with Crippen LogP contribution in [-0.2, 0) is 17.8 Å². The summed E-state index contributed by atoms with van der Waals surface area (Å²) >= 11 is 0. The van der Waals surface area contributed by atoms with Gasteiger partial charge in [0.2, 0.25) is 5.91 Å². The lowest BCUT2D eigenvalue weighted by Gasteiger charge is -2.12. The van der Waals surface area contributed by atoms with Crippen molar-refractivity contribution >= 4 is 16.9 Å². The Hall–Kier alpha value is -1.84. The number of hydrogen-bond donors (Lipinski definition) is 1. The number of carbonyl (C=O) groups is 1. The first kappa shape index (κ1) is 15.5. The molecular weight excluding hydrogens is 262 g/mol. The highest BCUT2D eigenvalue weighted by atomic mass is 16.1. The Morgan fingerprint density at radius 3 is 2.81 bits per heavy atom. The van der Waals surface area contributed by atoms with Crippen LogP contribution in [0, 0.1) is 5.92 Å². The third-order valence-electron chi connectivity index (χ3n) is 3.43. The average Bonchev–Trinajstić information content (AvgIpc) is 2.77. The molecule has 2 rings (SSSR count). The lowest BCUT2D eigenvalue weighted by Crippen LogP contribution is -2.26. The molecule has 0 saturated carbocycles. The monoisotopic (exact) mass is 287 g/mol. The van der Waals surface area contributed by atoms with E-state index in [2.05, 4.69) is 29.8 Å². The van der Waals surface area contributed by atoms with Crippen molar-refractivity contribution in [2.24, 2.45) is 5.92 Å². The van der Waals surface area contributed by atoms with E-state index in [1.807, 2.05) is 25.1 Å². The average molecular weight is 287 g/mol. The van der Waals surface area contributed by atoms with Crippen molar-refractivity contribution in [1.29, 1.82) is 0 Å². The minimum atomic E-state index is 0.129. The van der Waals surface area contributed by atoms with Gasteiger partial charge in [0, 0.05) is 25.9 Å². The number of para-hydroxylation sites is 2. The fourth-order valence-electron chi connectivity index (χ4n) is 2.51. The van der Waals surface area contributed by atoms with Crippen molar-refractivity contribution in [2.75, 3.05) is 6.54 Å². The smallest absolute Gasteiger partial charge is 0.219 e. The van der Waals surface area contributed by atoms with Gasteiger partial charge in [-0.2, -0.15) is 0 Å². The molecule has 1 N–H and O–H groups in total. The van der Waals surface area contributed by atoms with Crippen molar-refractivity contribution in [3.63, 3.8) is 0 Å². The van der Waals surface area contributed by atoms with Crippen molar-refractivity contribution < 1.29 is 4.79 Å². The Morgan fingerprint density at radius 2 is 2.10 bits per heavy atom. The van der Waals surface area contributed by atoms with Crippen LogP contribution in [0.3, 0.4) is 0 Å². The van der Waals surface area contributed by atoms with Crippen LogP contribution in [0.2, 0.25) is 0 Å². The van der Waals surface area contributed by atoms with E-state index >= 15 is 0 Å². The van der Waals surface area contributed by atoms with Crippen LogP contribution in [0.1, 0.15) is 39.4 Å². The van der Waals surface area contributed by atoms with Crippen LogP contribution in [0.25, 0.3) is 11.0 Å². The zero-order valence-corrected chi connectivity index (χ0v) is 13.2. The molecule has 0 bridgehead atoms. The fourth-order valence-corrected chi connectivity index (χ4v) is 2.51. The number of imidazole rings is 1. The van der Waals surface area contributed by atoms with Gasteiger partial charge < -0.3 is 9.88 Å². The molecule has 1 aromatic carbocycles. The summed E-state index contributed by atoms with van der Waals surface area (Å²) in [4.78, 5) is 16.3. The summed E-state index contributed by atoms with van der Waals surface area (Å²) < 4.78 is 2.28. The molecule has 1 amide bonds. The Kier molecular flexibility index (Phi) is 5.37. The molecule has 1 heterocycles. The molecule has 4 nitrogen and oxygen atoms in total. The highest BCUT2D eigenvalue weighted by molar-refractivity contribution is 5.76. The summed E-state index contributed by atoms with van der Waals surface area (Å²) in [6.45, 7) is 8.05. The topological polar surface area (TPSA) is 46.9 Å². The lowest BCUT2D eigenvalue weighted by atomic mass is 10.2. The Balaban J connectivity index is 2.12. The minimum absolute atomic E-state index is 0.129. The van der Waals surface area contributed by atoms with E-state index in [0.29, 0.717) is 18.9 Å². The summed E-state index contributed by atoms with van der Waals surface area (Å²) in [6, 6.07) is 8.23. The fraction of sp³-hybridized carbons (Fsp3) is 0.529. The molecule has 4 heteroatoms. The second-order valence-corrected chi connectivity index (χ2v) is 5.87. The first-order valence-electron chi connectivity index (χ1n) is 7.82. The zero-order chi connectivity index (χ0) is 15.2. The normalized spacial score (nSPS) is 11.2. The first-order valence-corrected chi connectivity index (χ1v) is 7.82. The Bertz CT molecular complexity index is 601. The van der Waals surface area contributed by atoms with E-state index in [1.165, 1.54) is 5.52 Å². The highest BCUT2D eigenvalue weighted by Crippen LogP contribution is 2.18. The van der Waals surface area contributed by atoms with Gasteiger partial charge in [0.1, 0.15) is 5.82 Å². The lowest BCUT2D eigenvalue weighted by molar-refractivity contribution is -0.121. The maximum Gasteiger partial charge on any atom is 0.219 e. The molecule has 114 valence electrons. The van der Waals surface area contributed by atoms with Gasteiger partial charge in [-0.05, 0) is 24.5 Å². The van der Waals surface area contributed by atoms with E-state index in [4.69, 9.17) is 4.98 Å². The van der Waals surface area contributed by atoms with Crippen LogP contribution >= 0.6 is 0 Å². The standard InChI is InChI=1S/C17H25N3O/c1-4-7-17(21)18-11-10-16-19-14-8-5-6-9-15(14)20(16)12-13(2)3/h5-6,8-9,13H,4,7,10-12H2,1-3H3,(H,18,21). The van der Waals surface area contributed by atoms with Crippen LogP contribution in [0.4, 0.5) is 0 Å². The molecule has 0 aliphatic carbocycles. The van der Waals surface area contributed by atoms with Gasteiger partial charge >= 0.3 is 0 Å². The largest absolute Gasteiger partial charge is 0.356 e. The summed E-state index contributed by atoms with van der Waals surface area (Å²) in [6.07, 6.45) is 2.26. The molecule has 1 aromatic heterocycles. The molecule has 2 aromatic rings. The van der Waals surface area contributed by atoms with Crippen LogP contribution < -0.4 is 5.32 Å². The summed E-state index contributed by atoms with van der Waals surface area (Å²) in [5.74, 6) is 1.75. The van der Waals surface area contributed by atoms with Crippen LogP contribution in [0.5, 0.6) is 0 Å². The van der Waals surface area contributed by atoms with Gasteiger partial charge in [-0.1, -0.05) is 32.9 Å². The van der Waals surface area contributed by atoms with Gasteiger partial charge in [0.25, 0.3) is 0 Å². The Labute approximate surface area is 126 Å². The van der Waals surface area contributed by atoms with Gasteiger partial charge in [0.05, 0.1) is 11.0 Å². The predicted octanol–water partition coefficient (Wildman–Crippen LogP) is 3.15. The third-order valence-corrected chi connectivity index (χ3v) is 3.43. The minimum Gasteiger partial charge on any atom is -0.356 e. The number of rotatable bonds is 7. The van der Waals surface area contributed by atoms with E-state index in [9.17, 15) is 4.79 Å². The number of aromatic nitrogens is 2. The maximum atomic E-state index is 11.5. The summed E-state index contributed by atoms with van der Waals surface area (Å²) in [5.41, 5.74) is 2.22. The Morgan fingerprint density at radius 1 is 1.33 bits per heavy atom. The molecule has 0 radical (unpaired) electrons. The number of carbonyl (C=O) groups excluding carboxylic acids is 1. The molecule has 0 saturated heterocycles. The molecule has 0 fully saturated rings. The van der Waals surface area contributed by atoms with Gasteiger partial charge in [0.15, 0.2) is 0 Å². The first-order chi connectivity index (χ1) is 10.1. The molecule has 0 aliphatic heterocycles. The van der Waals surface area contributed by atoms with E-state index in [0.717, 1.165) is 30.7 Å². The molecular formula is C17H25N3O. The van der Waals surface area contributed by atoms with E-state index in [-0.39, 0.29) is 5.91 Å². The van der Waals surface area contributed by atoms with Crippen molar-refractivity contribution in [3.8, 4) is 0 Å². The van der Waals surface area contributed by atoms with Crippen LogP contribution in [-0.4, -0.2) is 22.0 Å². The van der Waals surface area contributed by atoms with Crippen molar-refractivity contribution in [1.82, 2.24) is 14.9 Å². The summed E-state index contributed by atoms with van der Waals surface area (Å²) in [7, 11) is 0. The number of amides is 1. The second-order valence-electron chi connectivity index (χ2n) is 5.87.